The smallest absolute Gasteiger partial charge is 0.171 e. The molecule has 0 radical (unpaired) electrons. The fourth-order valence-corrected chi connectivity index (χ4v) is 3.02. The molecular formula is C18H13NO. The van der Waals surface area contributed by atoms with Gasteiger partial charge in [-0.05, 0) is 29.0 Å². The summed E-state index contributed by atoms with van der Waals surface area (Å²) in [5.74, 6) is 0.241. The van der Waals surface area contributed by atoms with E-state index in [1.54, 1.807) is 12.4 Å². The number of Topliss-reactive ketones (excluding diaryl/α,β-unsaturated/α-hetero) is 1. The van der Waals surface area contributed by atoms with Gasteiger partial charge in [0.25, 0.3) is 0 Å². The Morgan fingerprint density at radius 3 is 2.85 bits per heavy atom. The molecule has 0 saturated carbocycles. The number of hydrogen-bond donors (Lipinski definition) is 0. The Kier molecular flexibility index (Phi) is 2.43. The highest BCUT2D eigenvalue weighted by atomic mass is 16.1. The Morgan fingerprint density at radius 2 is 1.95 bits per heavy atom. The van der Waals surface area contributed by atoms with Crippen molar-refractivity contribution in [2.75, 3.05) is 0 Å². The summed E-state index contributed by atoms with van der Waals surface area (Å²) in [6.45, 7) is 0. The van der Waals surface area contributed by atoms with E-state index >= 15 is 0 Å². The SMILES string of the molecule is O=C(c1cccc2cnccc12)C1Cc2ccccc21. The highest BCUT2D eigenvalue weighted by Gasteiger charge is 2.32. The number of pyridine rings is 1. The molecule has 0 bridgehead atoms. The number of nitrogens with zero attached hydrogens (tertiary/aromatic N) is 1. The summed E-state index contributed by atoms with van der Waals surface area (Å²) in [6.07, 6.45) is 4.41. The number of ketones is 1. The molecule has 2 aromatic carbocycles. The first-order valence-electron chi connectivity index (χ1n) is 6.79. The number of aromatic nitrogens is 1. The molecule has 4 rings (SSSR count). The minimum atomic E-state index is 0.0185. The molecule has 0 fully saturated rings. The maximum Gasteiger partial charge on any atom is 0.171 e. The van der Waals surface area contributed by atoms with Crippen LogP contribution in [0.1, 0.15) is 27.4 Å². The summed E-state index contributed by atoms with van der Waals surface area (Å²) in [4.78, 5) is 16.9. The van der Waals surface area contributed by atoms with Crippen LogP contribution >= 0.6 is 0 Å². The van der Waals surface area contributed by atoms with Crippen LogP contribution in [0.3, 0.4) is 0 Å². The molecule has 1 heterocycles. The quantitative estimate of drug-likeness (QED) is 0.656. The van der Waals surface area contributed by atoms with Crippen LogP contribution in [-0.2, 0) is 6.42 Å². The topological polar surface area (TPSA) is 30.0 Å². The van der Waals surface area contributed by atoms with Crippen LogP contribution in [-0.4, -0.2) is 10.8 Å². The first-order valence-corrected chi connectivity index (χ1v) is 6.79. The highest BCUT2D eigenvalue weighted by Crippen LogP contribution is 2.38. The largest absolute Gasteiger partial charge is 0.293 e. The second kappa shape index (κ2) is 4.27. The average Bonchev–Trinajstić information content (AvgIpc) is 2.48. The summed E-state index contributed by atoms with van der Waals surface area (Å²) >= 11 is 0. The molecule has 1 atom stereocenters. The number of hydrogen-bond acceptors (Lipinski definition) is 2. The van der Waals surface area contributed by atoms with Gasteiger partial charge in [0.15, 0.2) is 5.78 Å². The first-order chi connectivity index (χ1) is 9.84. The molecule has 1 aliphatic rings. The Bertz CT molecular complexity index is 817. The van der Waals surface area contributed by atoms with Crippen LogP contribution in [0.15, 0.2) is 60.9 Å². The van der Waals surface area contributed by atoms with Gasteiger partial charge in [-0.3, -0.25) is 9.78 Å². The summed E-state index contributed by atoms with van der Waals surface area (Å²) in [7, 11) is 0. The molecule has 96 valence electrons. The molecule has 1 aliphatic carbocycles. The van der Waals surface area contributed by atoms with Crippen LogP contribution in [0.2, 0.25) is 0 Å². The highest BCUT2D eigenvalue weighted by molar-refractivity contribution is 6.11. The van der Waals surface area contributed by atoms with E-state index in [1.807, 2.05) is 36.4 Å². The van der Waals surface area contributed by atoms with Gasteiger partial charge in [0.1, 0.15) is 0 Å². The van der Waals surface area contributed by atoms with E-state index < -0.39 is 0 Å². The maximum absolute atomic E-state index is 12.8. The van der Waals surface area contributed by atoms with Crippen LogP contribution in [0.25, 0.3) is 10.8 Å². The molecule has 0 aliphatic heterocycles. The predicted molar refractivity (Wildman–Crippen MR) is 79.0 cm³/mol. The molecule has 0 N–H and O–H groups in total. The number of benzene rings is 2. The Labute approximate surface area is 117 Å². The van der Waals surface area contributed by atoms with E-state index in [9.17, 15) is 4.79 Å². The van der Waals surface area contributed by atoms with Crippen molar-refractivity contribution in [3.8, 4) is 0 Å². The zero-order chi connectivity index (χ0) is 13.5. The van der Waals surface area contributed by atoms with Gasteiger partial charge in [-0.2, -0.15) is 0 Å². The van der Waals surface area contributed by atoms with Crippen LogP contribution in [0.4, 0.5) is 0 Å². The fourth-order valence-electron chi connectivity index (χ4n) is 3.02. The number of carbonyl (C=O) groups excluding carboxylic acids is 1. The van der Waals surface area contributed by atoms with Crippen molar-refractivity contribution in [3.63, 3.8) is 0 Å². The number of rotatable bonds is 2. The minimum absolute atomic E-state index is 0.0185. The predicted octanol–water partition coefficient (Wildman–Crippen LogP) is 3.76. The monoisotopic (exact) mass is 259 g/mol. The first kappa shape index (κ1) is 11.4. The Hall–Kier alpha value is -2.48. The third-order valence-electron chi connectivity index (χ3n) is 4.12. The molecule has 1 aromatic heterocycles. The maximum atomic E-state index is 12.8. The lowest BCUT2D eigenvalue weighted by atomic mass is 9.73. The fraction of sp³-hybridized carbons (Fsp3) is 0.111. The van der Waals surface area contributed by atoms with Crippen LogP contribution in [0.5, 0.6) is 0 Å². The third kappa shape index (κ3) is 1.58. The van der Waals surface area contributed by atoms with Crippen LogP contribution in [0, 0.1) is 0 Å². The van der Waals surface area contributed by atoms with Crippen molar-refractivity contribution in [2.24, 2.45) is 0 Å². The van der Waals surface area contributed by atoms with Gasteiger partial charge >= 0.3 is 0 Å². The minimum Gasteiger partial charge on any atom is -0.293 e. The lowest BCUT2D eigenvalue weighted by molar-refractivity contribution is 0.0950. The van der Waals surface area contributed by atoms with Gasteiger partial charge in [0.05, 0.1) is 5.92 Å². The molecule has 2 nitrogen and oxygen atoms in total. The normalized spacial score (nSPS) is 16.5. The Morgan fingerprint density at radius 1 is 1.05 bits per heavy atom. The summed E-state index contributed by atoms with van der Waals surface area (Å²) < 4.78 is 0. The third-order valence-corrected chi connectivity index (χ3v) is 4.12. The Balaban J connectivity index is 1.80. The molecule has 1 unspecified atom stereocenters. The average molecular weight is 259 g/mol. The van der Waals surface area contributed by atoms with Gasteiger partial charge in [-0.15, -0.1) is 0 Å². The van der Waals surface area contributed by atoms with Gasteiger partial charge in [0, 0.05) is 23.3 Å². The van der Waals surface area contributed by atoms with Crippen LogP contribution < -0.4 is 0 Å². The number of carbonyl (C=O) groups is 1. The van der Waals surface area contributed by atoms with Gasteiger partial charge in [0.2, 0.25) is 0 Å². The molecule has 20 heavy (non-hydrogen) atoms. The van der Waals surface area contributed by atoms with E-state index in [0.717, 1.165) is 22.8 Å². The molecule has 0 spiro atoms. The van der Waals surface area contributed by atoms with Gasteiger partial charge in [-0.25, -0.2) is 0 Å². The summed E-state index contributed by atoms with van der Waals surface area (Å²) in [6, 6.07) is 16.0. The second-order valence-corrected chi connectivity index (χ2v) is 5.22. The zero-order valence-corrected chi connectivity index (χ0v) is 10.9. The van der Waals surface area contributed by atoms with Crippen molar-refractivity contribution < 1.29 is 4.79 Å². The molecule has 0 saturated heterocycles. The van der Waals surface area contributed by atoms with Crippen molar-refractivity contribution in [2.45, 2.75) is 12.3 Å². The summed E-state index contributed by atoms with van der Waals surface area (Å²) in [5, 5.41) is 2.02. The van der Waals surface area contributed by atoms with E-state index in [1.165, 1.54) is 11.1 Å². The zero-order valence-electron chi connectivity index (χ0n) is 10.9. The van der Waals surface area contributed by atoms with Crippen molar-refractivity contribution in [1.82, 2.24) is 4.98 Å². The van der Waals surface area contributed by atoms with Gasteiger partial charge < -0.3 is 0 Å². The van der Waals surface area contributed by atoms with Crippen molar-refractivity contribution in [1.29, 1.82) is 0 Å². The summed E-state index contributed by atoms with van der Waals surface area (Å²) in [5.41, 5.74) is 3.29. The van der Waals surface area contributed by atoms with E-state index in [0.29, 0.717) is 0 Å². The van der Waals surface area contributed by atoms with E-state index in [4.69, 9.17) is 0 Å². The molecule has 0 amide bonds. The molecular weight excluding hydrogens is 246 g/mol. The lowest BCUT2D eigenvalue weighted by Crippen LogP contribution is -2.25. The lowest BCUT2D eigenvalue weighted by Gasteiger charge is -2.29. The van der Waals surface area contributed by atoms with Crippen molar-refractivity contribution >= 4 is 16.6 Å². The van der Waals surface area contributed by atoms with E-state index in [2.05, 4.69) is 17.1 Å². The molecule has 2 heteroatoms. The second-order valence-electron chi connectivity index (χ2n) is 5.22. The standard InChI is InChI=1S/C18H13NO/c20-18(17-10-12-4-1-2-6-14(12)17)16-7-3-5-13-11-19-9-8-15(13)16/h1-9,11,17H,10H2. The van der Waals surface area contributed by atoms with Crippen molar-refractivity contribution in [3.05, 3.63) is 77.6 Å². The number of fused-ring (bicyclic) bond motifs is 2. The molecule has 3 aromatic rings. The van der Waals surface area contributed by atoms with E-state index in [-0.39, 0.29) is 11.7 Å². The van der Waals surface area contributed by atoms with Gasteiger partial charge in [-0.1, -0.05) is 42.5 Å².